The predicted octanol–water partition coefficient (Wildman–Crippen LogP) is 1.99. The van der Waals surface area contributed by atoms with Crippen molar-refractivity contribution in [3.63, 3.8) is 0 Å². The number of nitrogens with one attached hydrogen (secondary N) is 1. The Bertz CT molecular complexity index is 526. The van der Waals surface area contributed by atoms with Crippen LogP contribution in [0.1, 0.15) is 11.3 Å². The first-order chi connectivity index (χ1) is 8.75. The molecule has 0 aliphatic heterocycles. The van der Waals surface area contributed by atoms with Crippen molar-refractivity contribution < 1.29 is 4.74 Å². The molecule has 2 rings (SSSR count). The quantitative estimate of drug-likeness (QED) is 0.621. The first-order valence-corrected chi connectivity index (χ1v) is 5.73. The summed E-state index contributed by atoms with van der Waals surface area (Å²) in [7, 11) is 0. The Morgan fingerprint density at radius 1 is 1.22 bits per heavy atom. The van der Waals surface area contributed by atoms with Crippen molar-refractivity contribution in [1.29, 1.82) is 5.41 Å². The molecule has 0 atom stereocenters. The van der Waals surface area contributed by atoms with Crippen molar-refractivity contribution in [1.82, 2.24) is 4.98 Å². The van der Waals surface area contributed by atoms with Crippen LogP contribution in [0.4, 0.5) is 0 Å². The van der Waals surface area contributed by atoms with Crippen LogP contribution in [0, 0.1) is 5.41 Å². The molecule has 4 nitrogen and oxygen atoms in total. The van der Waals surface area contributed by atoms with Gasteiger partial charge in [-0.2, -0.15) is 0 Å². The SMILES string of the molecule is N=C(N)c1cccc(OCCc2ccccn2)c1. The molecule has 0 unspecified atom stereocenters. The van der Waals surface area contributed by atoms with Gasteiger partial charge >= 0.3 is 0 Å². The lowest BCUT2D eigenvalue weighted by molar-refractivity contribution is 0.320. The topological polar surface area (TPSA) is 72.0 Å². The number of nitrogens with zero attached hydrogens (tertiary/aromatic N) is 1. The minimum atomic E-state index is 0.0465. The molecule has 4 heteroatoms. The second-order valence-corrected chi connectivity index (χ2v) is 3.86. The van der Waals surface area contributed by atoms with E-state index in [9.17, 15) is 0 Å². The van der Waals surface area contributed by atoms with Gasteiger partial charge in [0.15, 0.2) is 0 Å². The van der Waals surface area contributed by atoms with Gasteiger partial charge in [0.2, 0.25) is 0 Å². The van der Waals surface area contributed by atoms with Gasteiger partial charge in [-0.15, -0.1) is 0 Å². The van der Waals surface area contributed by atoms with Crippen LogP contribution in [-0.4, -0.2) is 17.4 Å². The second-order valence-electron chi connectivity index (χ2n) is 3.86. The van der Waals surface area contributed by atoms with Crippen molar-refractivity contribution in [2.45, 2.75) is 6.42 Å². The highest BCUT2D eigenvalue weighted by molar-refractivity contribution is 5.95. The summed E-state index contributed by atoms with van der Waals surface area (Å²) in [6.07, 6.45) is 2.52. The van der Waals surface area contributed by atoms with Crippen LogP contribution in [0.15, 0.2) is 48.7 Å². The zero-order valence-electron chi connectivity index (χ0n) is 9.97. The summed E-state index contributed by atoms with van der Waals surface area (Å²) in [6, 6.07) is 13.0. The van der Waals surface area contributed by atoms with Gasteiger partial charge in [-0.25, -0.2) is 0 Å². The molecule has 1 heterocycles. The maximum atomic E-state index is 7.36. The number of amidine groups is 1. The van der Waals surface area contributed by atoms with E-state index in [1.54, 1.807) is 18.3 Å². The highest BCUT2D eigenvalue weighted by Gasteiger charge is 2.00. The molecule has 0 bridgehead atoms. The fraction of sp³-hybridized carbons (Fsp3) is 0.143. The van der Waals surface area contributed by atoms with Crippen LogP contribution in [0.2, 0.25) is 0 Å². The lowest BCUT2D eigenvalue weighted by Gasteiger charge is -2.07. The Labute approximate surface area is 106 Å². The maximum Gasteiger partial charge on any atom is 0.122 e. The van der Waals surface area contributed by atoms with Gasteiger partial charge in [-0.05, 0) is 24.3 Å². The summed E-state index contributed by atoms with van der Waals surface area (Å²) in [5.41, 5.74) is 7.09. The Kier molecular flexibility index (Phi) is 3.91. The number of nitrogen functional groups attached to an aromatic ring is 1. The minimum absolute atomic E-state index is 0.0465. The summed E-state index contributed by atoms with van der Waals surface area (Å²) < 4.78 is 5.61. The van der Waals surface area contributed by atoms with Gasteiger partial charge in [0.05, 0.1) is 6.61 Å². The van der Waals surface area contributed by atoms with E-state index in [-0.39, 0.29) is 5.84 Å². The maximum absolute atomic E-state index is 7.36. The molecule has 0 saturated carbocycles. The molecule has 1 aromatic heterocycles. The zero-order valence-corrected chi connectivity index (χ0v) is 9.97. The molecule has 0 radical (unpaired) electrons. The number of hydrogen-bond donors (Lipinski definition) is 2. The third-order valence-electron chi connectivity index (χ3n) is 2.50. The lowest BCUT2D eigenvalue weighted by atomic mass is 10.2. The van der Waals surface area contributed by atoms with E-state index in [0.717, 1.165) is 17.9 Å². The molecule has 2 aromatic rings. The normalized spacial score (nSPS) is 10.0. The van der Waals surface area contributed by atoms with E-state index in [1.165, 1.54) is 0 Å². The summed E-state index contributed by atoms with van der Waals surface area (Å²) in [5.74, 6) is 0.767. The summed E-state index contributed by atoms with van der Waals surface area (Å²) in [5, 5.41) is 7.36. The van der Waals surface area contributed by atoms with E-state index >= 15 is 0 Å². The molecule has 1 aromatic carbocycles. The predicted molar refractivity (Wildman–Crippen MR) is 70.9 cm³/mol. The third-order valence-corrected chi connectivity index (χ3v) is 2.50. The fourth-order valence-electron chi connectivity index (χ4n) is 1.57. The molecular weight excluding hydrogens is 226 g/mol. The van der Waals surface area contributed by atoms with E-state index < -0.39 is 0 Å². The highest BCUT2D eigenvalue weighted by Crippen LogP contribution is 2.13. The van der Waals surface area contributed by atoms with E-state index in [1.807, 2.05) is 30.3 Å². The molecule has 3 N–H and O–H groups in total. The van der Waals surface area contributed by atoms with Crippen molar-refractivity contribution in [3.05, 3.63) is 59.9 Å². The summed E-state index contributed by atoms with van der Waals surface area (Å²) in [6.45, 7) is 0.554. The van der Waals surface area contributed by atoms with Crippen LogP contribution in [0.25, 0.3) is 0 Å². The number of hydrogen-bond acceptors (Lipinski definition) is 3. The number of benzene rings is 1. The minimum Gasteiger partial charge on any atom is -0.493 e. The molecule has 0 aliphatic rings. The van der Waals surface area contributed by atoms with Gasteiger partial charge < -0.3 is 10.5 Å². The number of rotatable bonds is 5. The van der Waals surface area contributed by atoms with Crippen LogP contribution < -0.4 is 10.5 Å². The number of nitrogens with two attached hydrogens (primary N) is 1. The second kappa shape index (κ2) is 5.82. The van der Waals surface area contributed by atoms with Crippen LogP contribution >= 0.6 is 0 Å². The number of ether oxygens (including phenoxy) is 1. The summed E-state index contributed by atoms with van der Waals surface area (Å²) in [4.78, 5) is 4.22. The van der Waals surface area contributed by atoms with Gasteiger partial charge in [0.25, 0.3) is 0 Å². The molecular formula is C14H15N3O. The molecule has 18 heavy (non-hydrogen) atoms. The first-order valence-electron chi connectivity index (χ1n) is 5.73. The number of aromatic nitrogens is 1. The molecule has 0 aliphatic carbocycles. The number of pyridine rings is 1. The fourth-order valence-corrected chi connectivity index (χ4v) is 1.57. The highest BCUT2D eigenvalue weighted by atomic mass is 16.5. The average molecular weight is 241 g/mol. The smallest absolute Gasteiger partial charge is 0.122 e. The first kappa shape index (κ1) is 12.1. The average Bonchev–Trinajstić information content (AvgIpc) is 2.40. The Morgan fingerprint density at radius 2 is 2.11 bits per heavy atom. The van der Waals surface area contributed by atoms with Gasteiger partial charge in [-0.3, -0.25) is 10.4 Å². The molecule has 0 spiro atoms. The van der Waals surface area contributed by atoms with E-state index in [0.29, 0.717) is 12.2 Å². The van der Waals surface area contributed by atoms with E-state index in [4.69, 9.17) is 15.9 Å². The van der Waals surface area contributed by atoms with Gasteiger partial charge in [0, 0.05) is 23.9 Å². The molecule has 0 fully saturated rings. The monoisotopic (exact) mass is 241 g/mol. The zero-order chi connectivity index (χ0) is 12.8. The van der Waals surface area contributed by atoms with Crippen molar-refractivity contribution >= 4 is 5.84 Å². The summed E-state index contributed by atoms with van der Waals surface area (Å²) >= 11 is 0. The Hall–Kier alpha value is -2.36. The van der Waals surface area contributed by atoms with Crippen LogP contribution in [0.3, 0.4) is 0 Å². The Balaban J connectivity index is 1.90. The van der Waals surface area contributed by atoms with Crippen LogP contribution in [0.5, 0.6) is 5.75 Å². The van der Waals surface area contributed by atoms with Crippen molar-refractivity contribution in [2.24, 2.45) is 5.73 Å². The van der Waals surface area contributed by atoms with Crippen LogP contribution in [-0.2, 0) is 6.42 Å². The van der Waals surface area contributed by atoms with Gasteiger partial charge in [-0.1, -0.05) is 18.2 Å². The largest absolute Gasteiger partial charge is 0.493 e. The third kappa shape index (κ3) is 3.31. The Morgan fingerprint density at radius 3 is 2.83 bits per heavy atom. The van der Waals surface area contributed by atoms with Crippen molar-refractivity contribution in [2.75, 3.05) is 6.61 Å². The standard InChI is InChI=1S/C14H15N3O/c15-14(16)11-4-3-6-13(10-11)18-9-7-12-5-1-2-8-17-12/h1-6,8,10H,7,9H2,(H3,15,16). The van der Waals surface area contributed by atoms with E-state index in [2.05, 4.69) is 4.98 Å². The molecule has 92 valence electrons. The van der Waals surface area contributed by atoms with Crippen molar-refractivity contribution in [3.8, 4) is 5.75 Å². The molecule has 0 amide bonds. The van der Waals surface area contributed by atoms with Gasteiger partial charge in [0.1, 0.15) is 11.6 Å². The lowest BCUT2D eigenvalue weighted by Crippen LogP contribution is -2.11. The molecule has 0 saturated heterocycles.